The molecule has 0 saturated carbocycles. The number of carbonyl (C=O) groups excluding carboxylic acids is 2. The molecule has 1 rings (SSSR count). The van der Waals surface area contributed by atoms with Crippen LogP contribution in [0, 0.1) is 5.41 Å². The molecule has 23 heavy (non-hydrogen) atoms. The monoisotopic (exact) mass is 380 g/mol. The standard InChI is InChI=1S/C16H19Cl3O4/c1-4-5-6-7-22-14(20)16(2,3)15(21)23-13-11(18)8-10(17)9-12(13)19/h8-9H,4-7H2,1-3H3. The average Bonchev–Trinajstić information content (AvgIpc) is 2.46. The van der Waals surface area contributed by atoms with Gasteiger partial charge in [-0.2, -0.15) is 0 Å². The number of hydrogen-bond donors (Lipinski definition) is 0. The van der Waals surface area contributed by atoms with E-state index >= 15 is 0 Å². The quantitative estimate of drug-likeness (QED) is 0.278. The first kappa shape index (κ1) is 20.1. The topological polar surface area (TPSA) is 52.6 Å². The molecule has 0 fully saturated rings. The lowest BCUT2D eigenvalue weighted by Crippen LogP contribution is -2.38. The Kier molecular flexibility index (Phi) is 7.65. The third kappa shape index (κ3) is 5.55. The SMILES string of the molecule is CCCCCOC(=O)C(C)(C)C(=O)Oc1c(Cl)cc(Cl)cc1Cl. The molecule has 0 heterocycles. The molecule has 0 N–H and O–H groups in total. The molecule has 7 heteroatoms. The second kappa shape index (κ2) is 8.76. The van der Waals surface area contributed by atoms with E-state index in [1.165, 1.54) is 26.0 Å². The first-order valence-electron chi connectivity index (χ1n) is 7.24. The maximum absolute atomic E-state index is 12.3. The molecule has 1 aromatic rings. The molecule has 0 radical (unpaired) electrons. The summed E-state index contributed by atoms with van der Waals surface area (Å²) in [6.07, 6.45) is 2.72. The molecule has 0 aromatic heterocycles. The van der Waals surface area contributed by atoms with Gasteiger partial charge < -0.3 is 9.47 Å². The number of unbranched alkanes of at least 4 members (excludes halogenated alkanes) is 2. The minimum absolute atomic E-state index is 0.0328. The van der Waals surface area contributed by atoms with Crippen molar-refractivity contribution in [3.8, 4) is 5.75 Å². The van der Waals surface area contributed by atoms with Crippen molar-refractivity contribution >= 4 is 46.7 Å². The molecule has 0 unspecified atom stereocenters. The summed E-state index contributed by atoms with van der Waals surface area (Å²) in [5.41, 5.74) is -1.47. The summed E-state index contributed by atoms with van der Waals surface area (Å²) in [6, 6.07) is 2.79. The molecule has 0 spiro atoms. The maximum atomic E-state index is 12.3. The first-order chi connectivity index (χ1) is 10.7. The third-order valence-corrected chi connectivity index (χ3v) is 3.94. The van der Waals surface area contributed by atoms with Crippen LogP contribution in [0.5, 0.6) is 5.75 Å². The van der Waals surface area contributed by atoms with E-state index in [0.29, 0.717) is 5.02 Å². The van der Waals surface area contributed by atoms with Crippen molar-refractivity contribution in [2.24, 2.45) is 5.41 Å². The molecular formula is C16H19Cl3O4. The minimum Gasteiger partial charge on any atom is -0.465 e. The van der Waals surface area contributed by atoms with Crippen molar-refractivity contribution in [1.29, 1.82) is 0 Å². The van der Waals surface area contributed by atoms with Crippen LogP contribution in [0.25, 0.3) is 0 Å². The van der Waals surface area contributed by atoms with Crippen LogP contribution in [0.2, 0.25) is 15.1 Å². The Hall–Kier alpha value is -0.970. The maximum Gasteiger partial charge on any atom is 0.328 e. The first-order valence-corrected chi connectivity index (χ1v) is 8.37. The van der Waals surface area contributed by atoms with Gasteiger partial charge in [-0.05, 0) is 32.4 Å². The van der Waals surface area contributed by atoms with Gasteiger partial charge in [0, 0.05) is 5.02 Å². The van der Waals surface area contributed by atoms with Crippen molar-refractivity contribution in [3.05, 3.63) is 27.2 Å². The Morgan fingerprint density at radius 3 is 2.13 bits per heavy atom. The number of ether oxygens (including phenoxy) is 2. The molecule has 0 bridgehead atoms. The Bertz CT molecular complexity index is 562. The second-order valence-electron chi connectivity index (χ2n) is 5.56. The van der Waals surface area contributed by atoms with Gasteiger partial charge in [0.25, 0.3) is 0 Å². The van der Waals surface area contributed by atoms with E-state index in [1.54, 1.807) is 0 Å². The van der Waals surface area contributed by atoms with Gasteiger partial charge in [-0.1, -0.05) is 54.6 Å². The van der Waals surface area contributed by atoms with E-state index < -0.39 is 17.4 Å². The summed E-state index contributed by atoms with van der Waals surface area (Å²) >= 11 is 17.7. The molecule has 0 atom stereocenters. The van der Waals surface area contributed by atoms with Gasteiger partial charge in [-0.3, -0.25) is 9.59 Å². The predicted molar refractivity (Wildman–Crippen MR) is 91.4 cm³/mol. The normalized spacial score (nSPS) is 11.2. The summed E-state index contributed by atoms with van der Waals surface area (Å²) in [7, 11) is 0. The van der Waals surface area contributed by atoms with Crippen molar-refractivity contribution in [3.63, 3.8) is 0 Å². The number of esters is 2. The molecule has 0 aliphatic heterocycles. The molecule has 0 aliphatic rings. The molecule has 0 amide bonds. The minimum atomic E-state index is -1.47. The fourth-order valence-electron chi connectivity index (χ4n) is 1.63. The Morgan fingerprint density at radius 2 is 1.61 bits per heavy atom. The third-order valence-electron chi connectivity index (χ3n) is 3.16. The van der Waals surface area contributed by atoms with E-state index in [9.17, 15) is 9.59 Å². The van der Waals surface area contributed by atoms with E-state index in [2.05, 4.69) is 0 Å². The van der Waals surface area contributed by atoms with Crippen molar-refractivity contribution in [2.75, 3.05) is 6.61 Å². The van der Waals surface area contributed by atoms with Gasteiger partial charge in [0.1, 0.15) is 0 Å². The molecule has 0 saturated heterocycles. The van der Waals surface area contributed by atoms with E-state index in [-0.39, 0.29) is 22.4 Å². The highest BCUT2D eigenvalue weighted by Gasteiger charge is 2.40. The highest BCUT2D eigenvalue weighted by atomic mass is 35.5. The van der Waals surface area contributed by atoms with Crippen LogP contribution in [0.4, 0.5) is 0 Å². The fourth-order valence-corrected chi connectivity index (χ4v) is 2.52. The van der Waals surface area contributed by atoms with E-state index in [0.717, 1.165) is 19.3 Å². The summed E-state index contributed by atoms with van der Waals surface area (Å²) in [6.45, 7) is 5.17. The molecule has 128 valence electrons. The van der Waals surface area contributed by atoms with E-state index in [1.807, 2.05) is 6.92 Å². The van der Waals surface area contributed by atoms with Crippen molar-refractivity contribution in [1.82, 2.24) is 0 Å². The Balaban J connectivity index is 2.77. The smallest absolute Gasteiger partial charge is 0.328 e. The summed E-state index contributed by atoms with van der Waals surface area (Å²) in [4.78, 5) is 24.4. The second-order valence-corrected chi connectivity index (χ2v) is 6.81. The lowest BCUT2D eigenvalue weighted by Gasteiger charge is -2.21. The van der Waals surface area contributed by atoms with Gasteiger partial charge >= 0.3 is 11.9 Å². The molecule has 4 nitrogen and oxygen atoms in total. The summed E-state index contributed by atoms with van der Waals surface area (Å²) < 4.78 is 10.3. The van der Waals surface area contributed by atoms with Gasteiger partial charge in [-0.25, -0.2) is 0 Å². The molecule has 1 aromatic carbocycles. The zero-order valence-electron chi connectivity index (χ0n) is 13.3. The Morgan fingerprint density at radius 1 is 1.04 bits per heavy atom. The van der Waals surface area contributed by atoms with Gasteiger partial charge in [-0.15, -0.1) is 0 Å². The number of halogens is 3. The lowest BCUT2D eigenvalue weighted by molar-refractivity contribution is -0.164. The van der Waals surface area contributed by atoms with E-state index in [4.69, 9.17) is 44.3 Å². The van der Waals surface area contributed by atoms with Crippen LogP contribution in [0.3, 0.4) is 0 Å². The van der Waals surface area contributed by atoms with Crippen LogP contribution in [-0.4, -0.2) is 18.5 Å². The number of hydrogen-bond acceptors (Lipinski definition) is 4. The highest BCUT2D eigenvalue weighted by Crippen LogP contribution is 2.37. The van der Waals surface area contributed by atoms with Gasteiger partial charge in [0.2, 0.25) is 0 Å². The van der Waals surface area contributed by atoms with Crippen LogP contribution in [-0.2, 0) is 14.3 Å². The lowest BCUT2D eigenvalue weighted by atomic mass is 9.94. The summed E-state index contributed by atoms with van der Waals surface area (Å²) in [5.74, 6) is -1.49. The fraction of sp³-hybridized carbons (Fsp3) is 0.500. The summed E-state index contributed by atoms with van der Waals surface area (Å²) in [5, 5.41) is 0.486. The molecule has 0 aliphatic carbocycles. The average molecular weight is 382 g/mol. The Labute approximate surface area is 151 Å². The van der Waals surface area contributed by atoms with Crippen molar-refractivity contribution < 1.29 is 19.1 Å². The number of carbonyl (C=O) groups is 2. The van der Waals surface area contributed by atoms with Crippen LogP contribution >= 0.6 is 34.8 Å². The predicted octanol–water partition coefficient (Wildman–Crippen LogP) is 5.31. The van der Waals surface area contributed by atoms with Gasteiger partial charge in [0.05, 0.1) is 16.7 Å². The number of benzene rings is 1. The zero-order chi connectivity index (χ0) is 17.6. The van der Waals surface area contributed by atoms with Crippen LogP contribution < -0.4 is 4.74 Å². The largest absolute Gasteiger partial charge is 0.465 e. The highest BCUT2D eigenvalue weighted by molar-refractivity contribution is 6.40. The number of rotatable bonds is 7. The van der Waals surface area contributed by atoms with Crippen LogP contribution in [0.15, 0.2) is 12.1 Å². The van der Waals surface area contributed by atoms with Crippen LogP contribution in [0.1, 0.15) is 40.0 Å². The zero-order valence-corrected chi connectivity index (χ0v) is 15.5. The van der Waals surface area contributed by atoms with Gasteiger partial charge in [0.15, 0.2) is 11.2 Å². The molecular weight excluding hydrogens is 363 g/mol. The van der Waals surface area contributed by atoms with Crippen molar-refractivity contribution in [2.45, 2.75) is 40.0 Å².